The van der Waals surface area contributed by atoms with Crippen molar-refractivity contribution in [3.8, 4) is 10.8 Å². The molecule has 1 aliphatic heterocycles. The molecule has 1 aromatic carbocycles. The van der Waals surface area contributed by atoms with Crippen molar-refractivity contribution in [2.24, 2.45) is 0 Å². The Labute approximate surface area is 167 Å². The van der Waals surface area contributed by atoms with E-state index in [1.807, 2.05) is 36.9 Å². The van der Waals surface area contributed by atoms with E-state index in [0.717, 1.165) is 36.4 Å². The van der Waals surface area contributed by atoms with Crippen LogP contribution in [-0.2, 0) is 0 Å². The molecule has 1 fully saturated rings. The largest absolute Gasteiger partial charge is 0.462 e. The summed E-state index contributed by atoms with van der Waals surface area (Å²) in [5.41, 5.74) is 2.40. The highest BCUT2D eigenvalue weighted by molar-refractivity contribution is 7.15. The van der Waals surface area contributed by atoms with Crippen LogP contribution in [-0.4, -0.2) is 34.8 Å². The van der Waals surface area contributed by atoms with Gasteiger partial charge in [-0.2, -0.15) is 0 Å². The van der Waals surface area contributed by atoms with Gasteiger partial charge in [-0.05, 0) is 56.5 Å². The molecule has 0 atom stereocenters. The van der Waals surface area contributed by atoms with E-state index in [1.165, 1.54) is 11.3 Å². The molecule has 0 spiro atoms. The van der Waals surface area contributed by atoms with E-state index < -0.39 is 0 Å². The number of hydrogen-bond acceptors (Lipinski definition) is 5. The number of aryl methyl sites for hydroxylation is 1. The second-order valence-electron chi connectivity index (χ2n) is 6.83. The fraction of sp³-hybridized carbons (Fsp3) is 0.286. The number of rotatable bonds is 4. The zero-order valence-corrected chi connectivity index (χ0v) is 16.6. The van der Waals surface area contributed by atoms with Gasteiger partial charge in [0, 0.05) is 29.2 Å². The second-order valence-corrected chi connectivity index (χ2v) is 8.04. The minimum Gasteiger partial charge on any atom is -0.462 e. The number of nitrogens with zero attached hydrogens (tertiary/aromatic N) is 2. The van der Waals surface area contributed by atoms with Crippen molar-refractivity contribution < 1.29 is 14.0 Å². The van der Waals surface area contributed by atoms with Crippen LogP contribution < -0.4 is 5.32 Å². The predicted molar refractivity (Wildman–Crippen MR) is 109 cm³/mol. The number of carbonyl (C=O) groups is 2. The summed E-state index contributed by atoms with van der Waals surface area (Å²) in [5.74, 6) is 0.373. The monoisotopic (exact) mass is 395 g/mol. The maximum atomic E-state index is 12.8. The third kappa shape index (κ3) is 3.45. The fourth-order valence-electron chi connectivity index (χ4n) is 3.39. The van der Waals surface area contributed by atoms with Crippen molar-refractivity contribution in [3.63, 3.8) is 0 Å². The molecule has 0 saturated carbocycles. The van der Waals surface area contributed by atoms with E-state index in [0.29, 0.717) is 27.7 Å². The van der Waals surface area contributed by atoms with Gasteiger partial charge in [0.15, 0.2) is 10.8 Å². The van der Waals surface area contributed by atoms with Gasteiger partial charge in [0.2, 0.25) is 0 Å². The predicted octanol–water partition coefficient (Wildman–Crippen LogP) is 4.51. The zero-order chi connectivity index (χ0) is 19.7. The third-order valence-corrected chi connectivity index (χ3v) is 5.93. The van der Waals surface area contributed by atoms with Crippen molar-refractivity contribution in [3.05, 3.63) is 58.3 Å². The van der Waals surface area contributed by atoms with Gasteiger partial charge < -0.3 is 14.6 Å². The molecule has 1 aliphatic rings. The van der Waals surface area contributed by atoms with Crippen molar-refractivity contribution >= 4 is 28.8 Å². The first-order valence-electron chi connectivity index (χ1n) is 9.26. The lowest BCUT2D eigenvalue weighted by Gasteiger charge is -2.18. The fourth-order valence-corrected chi connectivity index (χ4v) is 4.27. The van der Waals surface area contributed by atoms with E-state index >= 15 is 0 Å². The standard InChI is InChI=1S/C21H21N3O3S/c1-13-15(21(26)24-10-3-4-11-24)7-5-8-16(13)22-19(25)18-14(2)28-20(23-18)17-9-6-12-27-17/h5-9,12H,3-4,10-11H2,1-2H3,(H,22,25). The normalized spacial score (nSPS) is 13.7. The Hall–Kier alpha value is -2.93. The second kappa shape index (κ2) is 7.59. The number of anilines is 1. The number of hydrogen-bond donors (Lipinski definition) is 1. The van der Waals surface area contributed by atoms with Gasteiger partial charge >= 0.3 is 0 Å². The molecule has 3 heterocycles. The highest BCUT2D eigenvalue weighted by atomic mass is 32.1. The summed E-state index contributed by atoms with van der Waals surface area (Å²) in [6.07, 6.45) is 3.67. The quantitative estimate of drug-likeness (QED) is 0.705. The molecular weight excluding hydrogens is 374 g/mol. The molecule has 0 bridgehead atoms. The molecule has 0 radical (unpaired) electrons. The Morgan fingerprint density at radius 3 is 2.64 bits per heavy atom. The lowest BCUT2D eigenvalue weighted by molar-refractivity contribution is 0.0791. The molecule has 7 heteroatoms. The van der Waals surface area contributed by atoms with Crippen molar-refractivity contribution in [2.45, 2.75) is 26.7 Å². The van der Waals surface area contributed by atoms with Gasteiger partial charge in [0.1, 0.15) is 5.69 Å². The van der Waals surface area contributed by atoms with Crippen LogP contribution in [0.3, 0.4) is 0 Å². The Bertz CT molecular complexity index is 1020. The lowest BCUT2D eigenvalue weighted by Crippen LogP contribution is -2.28. The number of thiazole rings is 1. The van der Waals surface area contributed by atoms with Crippen LogP contribution in [0.25, 0.3) is 10.8 Å². The van der Waals surface area contributed by atoms with Gasteiger partial charge in [0.25, 0.3) is 11.8 Å². The molecule has 28 heavy (non-hydrogen) atoms. The number of aromatic nitrogens is 1. The maximum Gasteiger partial charge on any atom is 0.275 e. The minimum absolute atomic E-state index is 0.0241. The summed E-state index contributed by atoms with van der Waals surface area (Å²) in [6, 6.07) is 9.03. The minimum atomic E-state index is -0.291. The first kappa shape index (κ1) is 18.4. The number of likely N-dealkylation sites (tertiary alicyclic amines) is 1. The Morgan fingerprint density at radius 2 is 1.93 bits per heavy atom. The molecular formula is C21H21N3O3S. The molecule has 1 saturated heterocycles. The third-order valence-electron chi connectivity index (χ3n) is 4.95. The molecule has 6 nitrogen and oxygen atoms in total. The molecule has 4 rings (SSSR count). The van der Waals surface area contributed by atoms with Crippen LogP contribution in [0, 0.1) is 13.8 Å². The summed E-state index contributed by atoms with van der Waals surface area (Å²) < 4.78 is 5.37. The van der Waals surface area contributed by atoms with Crippen molar-refractivity contribution in [1.29, 1.82) is 0 Å². The van der Waals surface area contributed by atoms with Gasteiger partial charge in [-0.15, -0.1) is 11.3 Å². The highest BCUT2D eigenvalue weighted by Crippen LogP contribution is 2.29. The summed E-state index contributed by atoms with van der Waals surface area (Å²) in [5, 5.41) is 3.58. The average Bonchev–Trinajstić information content (AvgIpc) is 3.44. The van der Waals surface area contributed by atoms with Crippen LogP contribution >= 0.6 is 11.3 Å². The number of carbonyl (C=O) groups excluding carboxylic acids is 2. The summed E-state index contributed by atoms with van der Waals surface area (Å²) in [7, 11) is 0. The van der Waals surface area contributed by atoms with E-state index in [9.17, 15) is 9.59 Å². The Kier molecular flexibility index (Phi) is 5.00. The molecule has 0 unspecified atom stereocenters. The molecule has 3 aromatic rings. The van der Waals surface area contributed by atoms with Gasteiger partial charge in [0.05, 0.1) is 6.26 Å². The van der Waals surface area contributed by atoms with E-state index in [4.69, 9.17) is 4.42 Å². The van der Waals surface area contributed by atoms with Crippen LogP contribution in [0.2, 0.25) is 0 Å². The Morgan fingerprint density at radius 1 is 1.14 bits per heavy atom. The zero-order valence-electron chi connectivity index (χ0n) is 15.8. The summed E-state index contributed by atoms with van der Waals surface area (Å²) in [6.45, 7) is 5.31. The molecule has 2 aromatic heterocycles. The lowest BCUT2D eigenvalue weighted by atomic mass is 10.1. The van der Waals surface area contributed by atoms with Gasteiger partial charge in [-0.1, -0.05) is 6.07 Å². The SMILES string of the molecule is Cc1sc(-c2ccco2)nc1C(=O)Nc1cccc(C(=O)N2CCCC2)c1C. The average molecular weight is 395 g/mol. The first-order valence-corrected chi connectivity index (χ1v) is 10.1. The topological polar surface area (TPSA) is 75.4 Å². The van der Waals surface area contributed by atoms with E-state index in [1.54, 1.807) is 18.4 Å². The number of furan rings is 1. The summed E-state index contributed by atoms with van der Waals surface area (Å²) >= 11 is 1.41. The van der Waals surface area contributed by atoms with Crippen LogP contribution in [0.5, 0.6) is 0 Å². The van der Waals surface area contributed by atoms with Crippen LogP contribution in [0.1, 0.15) is 44.1 Å². The maximum absolute atomic E-state index is 12.8. The van der Waals surface area contributed by atoms with Crippen molar-refractivity contribution in [2.75, 3.05) is 18.4 Å². The molecule has 144 valence electrons. The van der Waals surface area contributed by atoms with Gasteiger partial charge in [-0.3, -0.25) is 9.59 Å². The van der Waals surface area contributed by atoms with Crippen LogP contribution in [0.4, 0.5) is 5.69 Å². The van der Waals surface area contributed by atoms with E-state index in [2.05, 4.69) is 10.3 Å². The molecule has 1 N–H and O–H groups in total. The molecule has 2 amide bonds. The van der Waals surface area contributed by atoms with E-state index in [-0.39, 0.29) is 11.8 Å². The highest BCUT2D eigenvalue weighted by Gasteiger charge is 2.23. The summed E-state index contributed by atoms with van der Waals surface area (Å²) in [4.78, 5) is 32.7. The number of amides is 2. The number of nitrogens with one attached hydrogen (secondary N) is 1. The molecule has 0 aliphatic carbocycles. The first-order chi connectivity index (χ1) is 13.5. The van der Waals surface area contributed by atoms with Crippen molar-refractivity contribution in [1.82, 2.24) is 9.88 Å². The number of benzene rings is 1. The van der Waals surface area contributed by atoms with Crippen LogP contribution in [0.15, 0.2) is 41.0 Å². The van der Waals surface area contributed by atoms with Gasteiger partial charge in [-0.25, -0.2) is 4.98 Å². The smallest absolute Gasteiger partial charge is 0.275 e. The Balaban J connectivity index is 1.57.